The van der Waals surface area contributed by atoms with Crippen molar-refractivity contribution >= 4 is 11.8 Å². The summed E-state index contributed by atoms with van der Waals surface area (Å²) in [6.07, 6.45) is 4.52. The van der Waals surface area contributed by atoms with Gasteiger partial charge in [-0.05, 0) is 24.8 Å². The van der Waals surface area contributed by atoms with Gasteiger partial charge in [0.15, 0.2) is 0 Å². The van der Waals surface area contributed by atoms with Crippen LogP contribution in [-0.2, 0) is 16.1 Å². The molecule has 0 aliphatic heterocycles. The van der Waals surface area contributed by atoms with Crippen LogP contribution < -0.4 is 10.6 Å². The minimum Gasteiger partial charge on any atom is -0.355 e. The van der Waals surface area contributed by atoms with Crippen LogP contribution >= 0.6 is 0 Å². The molecule has 21 heavy (non-hydrogen) atoms. The Labute approximate surface area is 126 Å². The molecule has 0 atom stereocenters. The number of nitrogens with one attached hydrogen (secondary N) is 2. The van der Waals surface area contributed by atoms with E-state index in [0.29, 0.717) is 25.9 Å². The topological polar surface area (TPSA) is 58.2 Å². The van der Waals surface area contributed by atoms with E-state index in [-0.39, 0.29) is 11.8 Å². The molecule has 0 spiro atoms. The number of carbonyl (C=O) groups is 2. The summed E-state index contributed by atoms with van der Waals surface area (Å²) >= 11 is 0. The molecule has 0 radical (unpaired) electrons. The highest BCUT2D eigenvalue weighted by molar-refractivity contribution is 6.07. The predicted octanol–water partition coefficient (Wildman–Crippen LogP) is 2.39. The van der Waals surface area contributed by atoms with Gasteiger partial charge in [0, 0.05) is 13.1 Å². The van der Waals surface area contributed by atoms with E-state index in [2.05, 4.69) is 17.6 Å². The molecule has 2 rings (SSSR count). The Morgan fingerprint density at radius 2 is 1.71 bits per heavy atom. The molecule has 2 amide bonds. The van der Waals surface area contributed by atoms with Crippen LogP contribution in [0.25, 0.3) is 0 Å². The summed E-state index contributed by atoms with van der Waals surface area (Å²) in [7, 11) is 0. The Hall–Kier alpha value is -1.84. The van der Waals surface area contributed by atoms with Gasteiger partial charge in [-0.1, -0.05) is 50.1 Å². The zero-order chi connectivity index (χ0) is 15.1. The van der Waals surface area contributed by atoms with Crippen LogP contribution in [0.4, 0.5) is 0 Å². The van der Waals surface area contributed by atoms with Crippen molar-refractivity contribution in [2.45, 2.75) is 45.6 Å². The highest BCUT2D eigenvalue weighted by Gasteiger charge is 2.56. The van der Waals surface area contributed by atoms with Crippen molar-refractivity contribution in [1.29, 1.82) is 0 Å². The third-order valence-electron chi connectivity index (χ3n) is 3.98. The van der Waals surface area contributed by atoms with Crippen LogP contribution in [0, 0.1) is 5.41 Å². The second-order valence-corrected chi connectivity index (χ2v) is 5.71. The zero-order valence-corrected chi connectivity index (χ0v) is 12.7. The van der Waals surface area contributed by atoms with E-state index in [4.69, 9.17) is 0 Å². The summed E-state index contributed by atoms with van der Waals surface area (Å²) in [5.41, 5.74) is 0.242. The van der Waals surface area contributed by atoms with Crippen molar-refractivity contribution in [3.63, 3.8) is 0 Å². The smallest absolute Gasteiger partial charge is 0.235 e. The molecule has 0 bridgehead atoms. The van der Waals surface area contributed by atoms with Gasteiger partial charge in [0.05, 0.1) is 0 Å². The summed E-state index contributed by atoms with van der Waals surface area (Å²) in [6, 6.07) is 9.75. The fourth-order valence-electron chi connectivity index (χ4n) is 2.38. The van der Waals surface area contributed by atoms with Crippen molar-refractivity contribution in [3.8, 4) is 0 Å². The minimum atomic E-state index is -0.805. The van der Waals surface area contributed by atoms with Gasteiger partial charge in [0.2, 0.25) is 11.8 Å². The van der Waals surface area contributed by atoms with Crippen molar-refractivity contribution in [1.82, 2.24) is 10.6 Å². The second kappa shape index (κ2) is 7.25. The Morgan fingerprint density at radius 3 is 2.33 bits per heavy atom. The Kier molecular flexibility index (Phi) is 5.37. The maximum atomic E-state index is 12.3. The predicted molar refractivity (Wildman–Crippen MR) is 82.5 cm³/mol. The molecule has 4 nitrogen and oxygen atoms in total. The van der Waals surface area contributed by atoms with E-state index in [0.717, 1.165) is 24.8 Å². The van der Waals surface area contributed by atoms with Gasteiger partial charge in [0.25, 0.3) is 0 Å². The van der Waals surface area contributed by atoms with Gasteiger partial charge in [-0.2, -0.15) is 0 Å². The minimum absolute atomic E-state index is 0.107. The lowest BCUT2D eigenvalue weighted by Crippen LogP contribution is -2.43. The van der Waals surface area contributed by atoms with E-state index in [9.17, 15) is 9.59 Å². The summed E-state index contributed by atoms with van der Waals surface area (Å²) in [5.74, 6) is -0.247. The van der Waals surface area contributed by atoms with Crippen LogP contribution in [0.2, 0.25) is 0 Å². The molecule has 114 valence electrons. The molecule has 0 heterocycles. The first-order valence-electron chi connectivity index (χ1n) is 7.79. The number of carbonyl (C=O) groups excluding carboxylic acids is 2. The molecule has 1 fully saturated rings. The van der Waals surface area contributed by atoms with Gasteiger partial charge in [-0.15, -0.1) is 0 Å². The molecular weight excluding hydrogens is 264 g/mol. The molecule has 0 aromatic heterocycles. The third kappa shape index (κ3) is 4.06. The monoisotopic (exact) mass is 288 g/mol. The molecule has 2 N–H and O–H groups in total. The van der Waals surface area contributed by atoms with Crippen molar-refractivity contribution in [2.24, 2.45) is 5.41 Å². The van der Waals surface area contributed by atoms with Gasteiger partial charge >= 0.3 is 0 Å². The van der Waals surface area contributed by atoms with Gasteiger partial charge in [0.1, 0.15) is 5.41 Å². The van der Waals surface area contributed by atoms with E-state index < -0.39 is 5.41 Å². The lowest BCUT2D eigenvalue weighted by atomic mass is 10.0. The summed E-state index contributed by atoms with van der Waals surface area (Å²) in [4.78, 5) is 24.4. The molecular formula is C17H24N2O2. The molecule has 1 aromatic carbocycles. The average Bonchev–Trinajstić information content (AvgIpc) is 3.32. The first kappa shape index (κ1) is 15.5. The molecule has 4 heteroatoms. The maximum absolute atomic E-state index is 12.3. The first-order chi connectivity index (χ1) is 10.2. The maximum Gasteiger partial charge on any atom is 0.235 e. The average molecular weight is 288 g/mol. The fourth-order valence-corrected chi connectivity index (χ4v) is 2.38. The van der Waals surface area contributed by atoms with E-state index in [1.165, 1.54) is 0 Å². The van der Waals surface area contributed by atoms with E-state index in [1.54, 1.807) is 0 Å². The number of unbranched alkanes of at least 4 members (excludes halogenated alkanes) is 2. The Bertz CT molecular complexity index is 481. The summed E-state index contributed by atoms with van der Waals surface area (Å²) in [6.45, 7) is 3.27. The second-order valence-electron chi connectivity index (χ2n) is 5.71. The van der Waals surface area contributed by atoms with Crippen LogP contribution in [0.3, 0.4) is 0 Å². The molecule has 1 aromatic rings. The summed E-state index contributed by atoms with van der Waals surface area (Å²) in [5, 5.41) is 5.78. The van der Waals surface area contributed by atoms with Crippen molar-refractivity contribution < 1.29 is 9.59 Å². The molecule has 1 saturated carbocycles. The number of hydrogen-bond acceptors (Lipinski definition) is 2. The highest BCUT2D eigenvalue weighted by atomic mass is 16.2. The highest BCUT2D eigenvalue weighted by Crippen LogP contribution is 2.46. The van der Waals surface area contributed by atoms with Gasteiger partial charge in [-0.25, -0.2) is 0 Å². The van der Waals surface area contributed by atoms with Crippen LogP contribution in [-0.4, -0.2) is 18.4 Å². The van der Waals surface area contributed by atoms with Gasteiger partial charge < -0.3 is 10.6 Å². The van der Waals surface area contributed by atoms with E-state index >= 15 is 0 Å². The SMILES string of the molecule is CCCCCNC(=O)C1(C(=O)NCc2ccccc2)CC1. The fraction of sp³-hybridized carbons (Fsp3) is 0.529. The van der Waals surface area contributed by atoms with Crippen molar-refractivity contribution in [2.75, 3.05) is 6.54 Å². The number of hydrogen-bond donors (Lipinski definition) is 2. The standard InChI is InChI=1S/C17H24N2O2/c1-2-3-7-12-18-15(20)17(10-11-17)16(21)19-13-14-8-5-4-6-9-14/h4-6,8-9H,2-3,7,10-13H2,1H3,(H,18,20)(H,19,21). The molecule has 0 unspecified atom stereocenters. The lowest BCUT2D eigenvalue weighted by Gasteiger charge is -2.15. The number of rotatable bonds is 8. The van der Waals surface area contributed by atoms with Gasteiger partial charge in [-0.3, -0.25) is 9.59 Å². The quantitative estimate of drug-likeness (QED) is 0.570. The zero-order valence-electron chi connectivity index (χ0n) is 12.7. The van der Waals surface area contributed by atoms with Crippen LogP contribution in [0.5, 0.6) is 0 Å². The lowest BCUT2D eigenvalue weighted by molar-refractivity contribution is -0.137. The number of amides is 2. The molecule has 1 aliphatic rings. The van der Waals surface area contributed by atoms with Crippen LogP contribution in [0.15, 0.2) is 30.3 Å². The Balaban J connectivity index is 1.79. The normalized spacial score (nSPS) is 15.3. The van der Waals surface area contributed by atoms with Crippen molar-refractivity contribution in [3.05, 3.63) is 35.9 Å². The largest absolute Gasteiger partial charge is 0.355 e. The van der Waals surface area contributed by atoms with Crippen LogP contribution in [0.1, 0.15) is 44.6 Å². The summed E-state index contributed by atoms with van der Waals surface area (Å²) < 4.78 is 0. The molecule has 1 aliphatic carbocycles. The Morgan fingerprint density at radius 1 is 1.05 bits per heavy atom. The first-order valence-corrected chi connectivity index (χ1v) is 7.79. The third-order valence-corrected chi connectivity index (χ3v) is 3.98. The van der Waals surface area contributed by atoms with E-state index in [1.807, 2.05) is 30.3 Å². The number of benzene rings is 1. The molecule has 0 saturated heterocycles.